The van der Waals surface area contributed by atoms with Crippen molar-refractivity contribution in [2.24, 2.45) is 5.92 Å². The Morgan fingerprint density at radius 1 is 1.21 bits per heavy atom. The number of carbonyl (C=O) groups excluding carboxylic acids is 1. The molecule has 0 bridgehead atoms. The Kier molecular flexibility index (Phi) is 5.19. The van der Waals surface area contributed by atoms with Crippen molar-refractivity contribution >= 4 is 23.4 Å². The van der Waals surface area contributed by atoms with Gasteiger partial charge in [0.1, 0.15) is 0 Å². The fraction of sp³-hybridized carbons (Fsp3) is 0.500. The maximum atomic E-state index is 12.4. The molecule has 0 atom stereocenters. The normalized spacial score (nSPS) is 16.6. The van der Waals surface area contributed by atoms with Gasteiger partial charge in [0, 0.05) is 10.8 Å². The van der Waals surface area contributed by atoms with E-state index in [9.17, 15) is 13.6 Å². The smallest absolute Gasteiger partial charge is 0.288 e. The second-order valence-electron chi connectivity index (χ2n) is 4.70. The zero-order valence-electron chi connectivity index (χ0n) is 10.6. The monoisotopic (exact) mass is 285 g/mol. The summed E-state index contributed by atoms with van der Waals surface area (Å²) in [7, 11) is 0. The number of anilines is 1. The van der Waals surface area contributed by atoms with E-state index in [1.807, 2.05) is 0 Å². The first-order valence-corrected chi connectivity index (χ1v) is 7.39. The minimum atomic E-state index is -2.48. The van der Waals surface area contributed by atoms with Gasteiger partial charge in [-0.1, -0.05) is 43.2 Å². The minimum absolute atomic E-state index is 0.0263. The van der Waals surface area contributed by atoms with Crippen LogP contribution in [0.1, 0.15) is 32.1 Å². The molecule has 1 N–H and O–H groups in total. The SMILES string of the molecule is O=C(Nc1ccccc1SC(F)F)C1CCCCC1. The van der Waals surface area contributed by atoms with Crippen LogP contribution in [0.4, 0.5) is 14.5 Å². The van der Waals surface area contributed by atoms with Crippen molar-refractivity contribution in [2.75, 3.05) is 5.32 Å². The Morgan fingerprint density at radius 3 is 2.58 bits per heavy atom. The summed E-state index contributed by atoms with van der Waals surface area (Å²) in [6.45, 7) is 0. The maximum Gasteiger partial charge on any atom is 0.288 e. The number of thioether (sulfide) groups is 1. The van der Waals surface area contributed by atoms with E-state index in [1.54, 1.807) is 24.3 Å². The molecule has 2 nitrogen and oxygen atoms in total. The molecule has 0 aromatic heterocycles. The molecule has 104 valence electrons. The number of nitrogens with one attached hydrogen (secondary N) is 1. The molecule has 0 unspecified atom stereocenters. The van der Waals surface area contributed by atoms with Gasteiger partial charge in [-0.15, -0.1) is 0 Å². The molecule has 1 aromatic carbocycles. The van der Waals surface area contributed by atoms with Gasteiger partial charge in [0.25, 0.3) is 5.76 Å². The number of hydrogen-bond acceptors (Lipinski definition) is 2. The fourth-order valence-electron chi connectivity index (χ4n) is 2.37. The van der Waals surface area contributed by atoms with Crippen LogP contribution in [0.25, 0.3) is 0 Å². The molecule has 1 aliphatic rings. The third-order valence-corrected chi connectivity index (χ3v) is 4.13. The van der Waals surface area contributed by atoms with E-state index in [0.717, 1.165) is 25.7 Å². The molecule has 2 rings (SSSR count). The van der Waals surface area contributed by atoms with Gasteiger partial charge in [-0.3, -0.25) is 4.79 Å². The van der Waals surface area contributed by atoms with Gasteiger partial charge in [0.15, 0.2) is 0 Å². The van der Waals surface area contributed by atoms with Crippen LogP contribution in [-0.2, 0) is 4.79 Å². The minimum Gasteiger partial charge on any atom is -0.325 e. The van der Waals surface area contributed by atoms with Crippen LogP contribution in [0, 0.1) is 5.92 Å². The topological polar surface area (TPSA) is 29.1 Å². The first kappa shape index (κ1) is 14.3. The molecule has 0 spiro atoms. The number of carbonyl (C=O) groups is 1. The highest BCUT2D eigenvalue weighted by Crippen LogP contribution is 2.32. The van der Waals surface area contributed by atoms with Crippen LogP contribution in [0.3, 0.4) is 0 Å². The largest absolute Gasteiger partial charge is 0.325 e. The van der Waals surface area contributed by atoms with Crippen molar-refractivity contribution in [1.29, 1.82) is 0 Å². The van der Waals surface area contributed by atoms with Crippen LogP contribution < -0.4 is 5.32 Å². The van der Waals surface area contributed by atoms with Gasteiger partial charge in [-0.25, -0.2) is 0 Å². The summed E-state index contributed by atoms with van der Waals surface area (Å²) in [5.74, 6) is -2.49. The van der Waals surface area contributed by atoms with Crippen molar-refractivity contribution in [3.8, 4) is 0 Å². The van der Waals surface area contributed by atoms with Gasteiger partial charge < -0.3 is 5.32 Å². The quantitative estimate of drug-likeness (QED) is 0.824. The molecular formula is C14H17F2NOS. The number of hydrogen-bond donors (Lipinski definition) is 1. The molecule has 1 aromatic rings. The Balaban J connectivity index is 2.03. The van der Waals surface area contributed by atoms with Crippen molar-refractivity contribution < 1.29 is 13.6 Å². The molecule has 1 amide bonds. The summed E-state index contributed by atoms with van der Waals surface area (Å²) >= 11 is 0.466. The van der Waals surface area contributed by atoms with Gasteiger partial charge >= 0.3 is 0 Å². The number of amides is 1. The lowest BCUT2D eigenvalue weighted by Gasteiger charge is -2.21. The van der Waals surface area contributed by atoms with E-state index in [2.05, 4.69) is 5.32 Å². The average molecular weight is 285 g/mol. The molecule has 1 aliphatic carbocycles. The van der Waals surface area contributed by atoms with Crippen molar-refractivity contribution in [2.45, 2.75) is 42.8 Å². The molecule has 19 heavy (non-hydrogen) atoms. The van der Waals surface area contributed by atoms with Crippen LogP contribution in [-0.4, -0.2) is 11.7 Å². The molecule has 0 aliphatic heterocycles. The van der Waals surface area contributed by atoms with Crippen molar-refractivity contribution in [3.63, 3.8) is 0 Å². The molecule has 0 saturated heterocycles. The molecule has 0 radical (unpaired) electrons. The van der Waals surface area contributed by atoms with Crippen LogP contribution in [0.2, 0.25) is 0 Å². The van der Waals surface area contributed by atoms with E-state index in [-0.39, 0.29) is 11.8 Å². The summed E-state index contributed by atoms with van der Waals surface area (Å²) in [5.41, 5.74) is 0.489. The summed E-state index contributed by atoms with van der Waals surface area (Å²) < 4.78 is 24.9. The van der Waals surface area contributed by atoms with Gasteiger partial charge in [-0.2, -0.15) is 8.78 Å². The molecule has 5 heteroatoms. The van der Waals surface area contributed by atoms with E-state index in [0.29, 0.717) is 22.3 Å². The maximum absolute atomic E-state index is 12.4. The van der Waals surface area contributed by atoms with Gasteiger partial charge in [0.05, 0.1) is 5.69 Å². The lowest BCUT2D eigenvalue weighted by molar-refractivity contribution is -0.120. The summed E-state index contributed by atoms with van der Waals surface area (Å²) in [5, 5.41) is 2.79. The van der Waals surface area contributed by atoms with Crippen LogP contribution >= 0.6 is 11.8 Å². The zero-order chi connectivity index (χ0) is 13.7. The Bertz CT molecular complexity index is 433. The third-order valence-electron chi connectivity index (χ3n) is 3.34. The predicted molar refractivity (Wildman–Crippen MR) is 73.5 cm³/mol. The van der Waals surface area contributed by atoms with Gasteiger partial charge in [-0.05, 0) is 25.0 Å². The molecule has 1 fully saturated rings. The number of para-hydroxylation sites is 1. The Morgan fingerprint density at radius 2 is 1.89 bits per heavy atom. The Hall–Kier alpha value is -1.10. The van der Waals surface area contributed by atoms with Crippen LogP contribution in [0.15, 0.2) is 29.2 Å². The van der Waals surface area contributed by atoms with Crippen LogP contribution in [0.5, 0.6) is 0 Å². The third kappa shape index (κ3) is 4.20. The fourth-order valence-corrected chi connectivity index (χ4v) is 2.96. The predicted octanol–water partition coefficient (Wildman–Crippen LogP) is 4.52. The van der Waals surface area contributed by atoms with Crippen molar-refractivity contribution in [3.05, 3.63) is 24.3 Å². The Labute approximate surface area is 116 Å². The van der Waals surface area contributed by atoms with E-state index in [1.165, 1.54) is 6.42 Å². The standard InChI is InChI=1S/C14H17F2NOS/c15-14(16)19-12-9-5-4-8-11(12)17-13(18)10-6-2-1-3-7-10/h4-5,8-10,14H,1-3,6-7H2,(H,17,18). The lowest BCUT2D eigenvalue weighted by atomic mass is 9.88. The number of rotatable bonds is 4. The summed E-state index contributed by atoms with van der Waals surface area (Å²) in [4.78, 5) is 12.5. The summed E-state index contributed by atoms with van der Waals surface area (Å²) in [6, 6.07) is 6.71. The average Bonchev–Trinajstić information content (AvgIpc) is 2.41. The van der Waals surface area contributed by atoms with Crippen molar-refractivity contribution in [1.82, 2.24) is 0 Å². The zero-order valence-corrected chi connectivity index (χ0v) is 11.4. The number of halogens is 2. The molecular weight excluding hydrogens is 268 g/mol. The summed E-state index contributed by atoms with van der Waals surface area (Å²) in [6.07, 6.45) is 5.13. The highest BCUT2D eigenvalue weighted by Gasteiger charge is 2.22. The van der Waals surface area contributed by atoms with E-state index >= 15 is 0 Å². The van der Waals surface area contributed by atoms with E-state index in [4.69, 9.17) is 0 Å². The first-order valence-electron chi connectivity index (χ1n) is 6.51. The molecule has 1 saturated carbocycles. The van der Waals surface area contributed by atoms with E-state index < -0.39 is 5.76 Å². The highest BCUT2D eigenvalue weighted by atomic mass is 32.2. The number of benzene rings is 1. The molecule has 0 heterocycles. The second-order valence-corrected chi connectivity index (χ2v) is 5.73. The first-order chi connectivity index (χ1) is 9.16. The van der Waals surface area contributed by atoms with Gasteiger partial charge in [0.2, 0.25) is 5.91 Å². The lowest BCUT2D eigenvalue weighted by Crippen LogP contribution is -2.24. The second kappa shape index (κ2) is 6.89. The number of alkyl halides is 2. The highest BCUT2D eigenvalue weighted by molar-refractivity contribution is 7.99.